The molecule has 1 aromatic rings. The Balaban J connectivity index is 1.62. The van der Waals surface area contributed by atoms with Gasteiger partial charge in [-0.3, -0.25) is 0 Å². The summed E-state index contributed by atoms with van der Waals surface area (Å²) in [7, 11) is 0. The first-order chi connectivity index (χ1) is 8.83. The molecular weight excluding hydrogens is 220 g/mol. The van der Waals surface area contributed by atoms with Gasteiger partial charge < -0.3 is 11.1 Å². The van der Waals surface area contributed by atoms with Crippen LogP contribution in [0.4, 0.5) is 0 Å². The van der Waals surface area contributed by atoms with Gasteiger partial charge in [0.05, 0.1) is 0 Å². The Morgan fingerprint density at radius 2 is 1.89 bits per heavy atom. The van der Waals surface area contributed by atoms with Crippen LogP contribution in [-0.4, -0.2) is 12.1 Å². The highest BCUT2D eigenvalue weighted by molar-refractivity contribution is 5.33. The van der Waals surface area contributed by atoms with E-state index in [4.69, 9.17) is 5.73 Å². The zero-order valence-corrected chi connectivity index (χ0v) is 11.1. The van der Waals surface area contributed by atoms with Gasteiger partial charge in [-0.05, 0) is 55.2 Å². The molecule has 2 heteroatoms. The topological polar surface area (TPSA) is 38.0 Å². The number of fused-ring (bicyclic) bond motifs is 1. The molecule has 0 aromatic heterocycles. The highest BCUT2D eigenvalue weighted by Crippen LogP contribution is 2.23. The van der Waals surface area contributed by atoms with Gasteiger partial charge in [0.2, 0.25) is 0 Å². The highest BCUT2D eigenvalue weighted by Gasteiger charge is 2.23. The zero-order valence-electron chi connectivity index (χ0n) is 11.1. The Kier molecular flexibility index (Phi) is 3.67. The maximum Gasteiger partial charge on any atom is 0.0222 e. The lowest BCUT2D eigenvalue weighted by molar-refractivity contribution is 0.475. The Morgan fingerprint density at radius 1 is 1.06 bits per heavy atom. The predicted octanol–water partition coefficient (Wildman–Crippen LogP) is 2.53. The van der Waals surface area contributed by atoms with Crippen LogP contribution in [0, 0.1) is 0 Å². The molecule has 0 radical (unpaired) electrons. The van der Waals surface area contributed by atoms with E-state index in [9.17, 15) is 0 Å². The monoisotopic (exact) mass is 244 g/mol. The van der Waals surface area contributed by atoms with Gasteiger partial charge in [0.25, 0.3) is 0 Å². The van der Waals surface area contributed by atoms with Crippen molar-refractivity contribution in [3.8, 4) is 0 Å². The first-order valence-electron chi connectivity index (χ1n) is 7.42. The van der Waals surface area contributed by atoms with Crippen LogP contribution in [-0.2, 0) is 19.4 Å². The molecule has 0 saturated heterocycles. The normalized spacial score (nSPS) is 27.2. The number of hydrogen-bond donors (Lipinski definition) is 2. The highest BCUT2D eigenvalue weighted by atomic mass is 15.0. The van der Waals surface area contributed by atoms with E-state index < -0.39 is 0 Å². The maximum atomic E-state index is 6.09. The average molecular weight is 244 g/mol. The third kappa shape index (κ3) is 2.60. The first kappa shape index (κ1) is 12.2. The Hall–Kier alpha value is -0.860. The van der Waals surface area contributed by atoms with E-state index in [1.54, 1.807) is 11.1 Å². The molecule has 2 unspecified atom stereocenters. The number of benzene rings is 1. The van der Waals surface area contributed by atoms with Crippen molar-refractivity contribution in [2.45, 2.75) is 63.6 Å². The summed E-state index contributed by atoms with van der Waals surface area (Å²) in [4.78, 5) is 0. The number of aryl methyl sites for hydroxylation is 2. The number of hydrogen-bond acceptors (Lipinski definition) is 2. The molecule has 3 N–H and O–H groups in total. The molecular formula is C16H24N2. The molecule has 98 valence electrons. The smallest absolute Gasteiger partial charge is 0.0222 e. The van der Waals surface area contributed by atoms with Crippen molar-refractivity contribution in [2.24, 2.45) is 5.73 Å². The lowest BCUT2D eigenvalue weighted by atomic mass is 9.90. The maximum absolute atomic E-state index is 6.09. The summed E-state index contributed by atoms with van der Waals surface area (Å²) < 4.78 is 0. The molecule has 18 heavy (non-hydrogen) atoms. The second-order valence-electron chi connectivity index (χ2n) is 5.89. The van der Waals surface area contributed by atoms with Crippen LogP contribution in [0.3, 0.4) is 0 Å². The molecule has 0 spiro atoms. The molecule has 2 aliphatic carbocycles. The summed E-state index contributed by atoms with van der Waals surface area (Å²) in [5.41, 5.74) is 10.7. The van der Waals surface area contributed by atoms with E-state index in [-0.39, 0.29) is 0 Å². The van der Waals surface area contributed by atoms with Gasteiger partial charge in [0.15, 0.2) is 0 Å². The predicted molar refractivity (Wildman–Crippen MR) is 75.5 cm³/mol. The lowest BCUT2D eigenvalue weighted by Crippen LogP contribution is -2.40. The summed E-state index contributed by atoms with van der Waals surface area (Å²) in [5.74, 6) is 0. The summed E-state index contributed by atoms with van der Waals surface area (Å²) in [6.07, 6.45) is 8.97. The molecule has 2 atom stereocenters. The van der Waals surface area contributed by atoms with Crippen LogP contribution in [0.1, 0.15) is 48.8 Å². The SMILES string of the molecule is NC1CCCC1NCc1ccc2c(c1)CCCC2. The Bertz CT molecular complexity index is 414. The van der Waals surface area contributed by atoms with Gasteiger partial charge in [-0.25, -0.2) is 0 Å². The summed E-state index contributed by atoms with van der Waals surface area (Å²) in [5, 5.41) is 3.63. The van der Waals surface area contributed by atoms with Crippen LogP contribution in [0.15, 0.2) is 18.2 Å². The Morgan fingerprint density at radius 3 is 2.67 bits per heavy atom. The molecule has 0 amide bonds. The third-order valence-electron chi connectivity index (χ3n) is 4.55. The molecule has 2 nitrogen and oxygen atoms in total. The van der Waals surface area contributed by atoms with E-state index >= 15 is 0 Å². The fourth-order valence-corrected chi connectivity index (χ4v) is 3.39. The van der Waals surface area contributed by atoms with Crippen molar-refractivity contribution in [3.63, 3.8) is 0 Å². The van der Waals surface area contributed by atoms with Gasteiger partial charge in [-0.1, -0.05) is 24.6 Å². The zero-order chi connectivity index (χ0) is 12.4. The van der Waals surface area contributed by atoms with Crippen molar-refractivity contribution < 1.29 is 0 Å². The molecule has 1 saturated carbocycles. The summed E-state index contributed by atoms with van der Waals surface area (Å²) in [6, 6.07) is 7.92. The van der Waals surface area contributed by atoms with Crippen molar-refractivity contribution >= 4 is 0 Å². The molecule has 0 heterocycles. The minimum Gasteiger partial charge on any atom is -0.326 e. The van der Waals surface area contributed by atoms with Gasteiger partial charge in [0, 0.05) is 18.6 Å². The standard InChI is InChI=1S/C16H24N2/c17-15-6-3-7-16(15)18-11-12-8-9-13-4-1-2-5-14(13)10-12/h8-10,15-16,18H,1-7,11,17H2. The second-order valence-corrected chi connectivity index (χ2v) is 5.89. The van der Waals surface area contributed by atoms with E-state index in [0.717, 1.165) is 6.54 Å². The van der Waals surface area contributed by atoms with Crippen molar-refractivity contribution in [2.75, 3.05) is 0 Å². The van der Waals surface area contributed by atoms with Crippen molar-refractivity contribution in [3.05, 3.63) is 34.9 Å². The van der Waals surface area contributed by atoms with E-state index in [0.29, 0.717) is 12.1 Å². The van der Waals surface area contributed by atoms with Gasteiger partial charge >= 0.3 is 0 Å². The van der Waals surface area contributed by atoms with Gasteiger partial charge in [-0.15, -0.1) is 0 Å². The molecule has 0 aliphatic heterocycles. The molecule has 3 rings (SSSR count). The summed E-state index contributed by atoms with van der Waals surface area (Å²) >= 11 is 0. The average Bonchev–Trinajstić information content (AvgIpc) is 2.82. The third-order valence-corrected chi connectivity index (χ3v) is 4.55. The molecule has 2 aliphatic rings. The minimum absolute atomic E-state index is 0.364. The minimum atomic E-state index is 0.364. The fourth-order valence-electron chi connectivity index (χ4n) is 3.39. The van der Waals surface area contributed by atoms with Crippen LogP contribution in [0.25, 0.3) is 0 Å². The largest absolute Gasteiger partial charge is 0.326 e. The second kappa shape index (κ2) is 5.41. The van der Waals surface area contributed by atoms with Crippen molar-refractivity contribution in [1.29, 1.82) is 0 Å². The fraction of sp³-hybridized carbons (Fsp3) is 0.625. The van der Waals surface area contributed by atoms with Gasteiger partial charge in [0.1, 0.15) is 0 Å². The summed E-state index contributed by atoms with van der Waals surface area (Å²) in [6.45, 7) is 0.978. The van der Waals surface area contributed by atoms with E-state index in [1.165, 1.54) is 50.5 Å². The van der Waals surface area contributed by atoms with E-state index in [2.05, 4.69) is 23.5 Å². The van der Waals surface area contributed by atoms with Crippen molar-refractivity contribution in [1.82, 2.24) is 5.32 Å². The van der Waals surface area contributed by atoms with Crippen LogP contribution in [0.5, 0.6) is 0 Å². The van der Waals surface area contributed by atoms with Crippen LogP contribution in [0.2, 0.25) is 0 Å². The molecule has 0 bridgehead atoms. The molecule has 1 fully saturated rings. The van der Waals surface area contributed by atoms with E-state index in [1.807, 2.05) is 0 Å². The van der Waals surface area contributed by atoms with Crippen LogP contribution < -0.4 is 11.1 Å². The number of nitrogens with two attached hydrogens (primary N) is 1. The number of rotatable bonds is 3. The number of nitrogens with one attached hydrogen (secondary N) is 1. The van der Waals surface area contributed by atoms with Crippen LogP contribution >= 0.6 is 0 Å². The van der Waals surface area contributed by atoms with Gasteiger partial charge in [-0.2, -0.15) is 0 Å². The quantitative estimate of drug-likeness (QED) is 0.857. The first-order valence-corrected chi connectivity index (χ1v) is 7.42. The Labute approximate surface area is 110 Å². The lowest BCUT2D eigenvalue weighted by Gasteiger charge is -2.19. The molecule has 1 aromatic carbocycles.